The second-order valence-electron chi connectivity index (χ2n) is 3.58. The van der Waals surface area contributed by atoms with E-state index in [1.807, 2.05) is 6.07 Å². The number of anilines is 2. The Balaban J connectivity index is 1.96. The Morgan fingerprint density at radius 3 is 2.61 bits per heavy atom. The maximum atomic E-state index is 11.5. The van der Waals surface area contributed by atoms with Gasteiger partial charge in [-0.1, -0.05) is 17.8 Å². The molecular weight excluding hydrogens is 250 g/mol. The molecule has 0 fully saturated rings. The number of hydrogen-bond donors (Lipinski definition) is 2. The van der Waals surface area contributed by atoms with Crippen molar-refractivity contribution in [1.82, 2.24) is 14.5 Å². The third-order valence-electron chi connectivity index (χ3n) is 2.21. The molecule has 0 radical (unpaired) electrons. The number of aryl methyl sites for hydroxylation is 1. The Bertz CT molecular complexity index is 578. The van der Waals surface area contributed by atoms with Crippen LogP contribution in [0.1, 0.15) is 0 Å². The summed E-state index contributed by atoms with van der Waals surface area (Å²) in [4.78, 5) is 19.6. The number of nitrogens with two attached hydrogens (primary N) is 2. The molecular formula is C11H13N5OS. The van der Waals surface area contributed by atoms with E-state index in [1.165, 1.54) is 23.9 Å². The van der Waals surface area contributed by atoms with Crippen LogP contribution in [0.25, 0.3) is 0 Å². The minimum Gasteiger partial charge on any atom is -0.383 e. The summed E-state index contributed by atoms with van der Waals surface area (Å²) < 4.78 is 1.63. The summed E-state index contributed by atoms with van der Waals surface area (Å²) >= 11 is 1.41. The van der Waals surface area contributed by atoms with Crippen LogP contribution in [0.15, 0.2) is 40.4 Å². The second kappa shape index (κ2) is 5.54. The van der Waals surface area contributed by atoms with Gasteiger partial charge >= 0.3 is 0 Å². The molecule has 94 valence electrons. The van der Waals surface area contributed by atoms with Crippen molar-refractivity contribution in [2.45, 2.75) is 11.7 Å². The average Bonchev–Trinajstić information content (AvgIpc) is 2.30. The zero-order chi connectivity index (χ0) is 13.0. The van der Waals surface area contributed by atoms with Gasteiger partial charge in [0.15, 0.2) is 5.16 Å². The molecule has 0 saturated heterocycles. The fourth-order valence-electron chi connectivity index (χ4n) is 1.41. The van der Waals surface area contributed by atoms with Gasteiger partial charge in [0, 0.05) is 30.6 Å². The van der Waals surface area contributed by atoms with Gasteiger partial charge in [-0.15, -0.1) is 0 Å². The first kappa shape index (κ1) is 12.4. The molecule has 0 amide bonds. The molecule has 2 rings (SSSR count). The van der Waals surface area contributed by atoms with E-state index in [0.717, 1.165) is 0 Å². The average molecular weight is 263 g/mol. The van der Waals surface area contributed by atoms with Crippen LogP contribution in [0.5, 0.6) is 0 Å². The highest BCUT2D eigenvalue weighted by Gasteiger charge is 2.02. The summed E-state index contributed by atoms with van der Waals surface area (Å²) in [6, 6.07) is 6.57. The Hall–Kier alpha value is -2.02. The normalized spacial score (nSPS) is 10.4. The molecule has 4 N–H and O–H groups in total. The van der Waals surface area contributed by atoms with Crippen LogP contribution in [-0.2, 0) is 6.54 Å². The molecule has 0 atom stereocenters. The van der Waals surface area contributed by atoms with Crippen molar-refractivity contribution in [3.8, 4) is 0 Å². The number of hydrogen-bond acceptors (Lipinski definition) is 6. The highest BCUT2D eigenvalue weighted by molar-refractivity contribution is 7.99. The zero-order valence-corrected chi connectivity index (χ0v) is 10.4. The van der Waals surface area contributed by atoms with Crippen molar-refractivity contribution in [2.75, 3.05) is 17.2 Å². The third-order valence-corrected chi connectivity index (χ3v) is 3.04. The van der Waals surface area contributed by atoms with Crippen LogP contribution in [0.4, 0.5) is 11.6 Å². The van der Waals surface area contributed by atoms with Gasteiger partial charge in [-0.2, -0.15) is 0 Å². The largest absolute Gasteiger partial charge is 0.383 e. The second-order valence-corrected chi connectivity index (χ2v) is 4.64. The van der Waals surface area contributed by atoms with E-state index in [0.29, 0.717) is 29.1 Å². The Labute approximate surface area is 108 Å². The van der Waals surface area contributed by atoms with Gasteiger partial charge in [-0.05, 0) is 6.07 Å². The Morgan fingerprint density at radius 2 is 1.94 bits per heavy atom. The summed E-state index contributed by atoms with van der Waals surface area (Å²) in [5, 5.41) is 0.525. The summed E-state index contributed by atoms with van der Waals surface area (Å²) in [5.41, 5.74) is 11.1. The molecule has 0 spiro atoms. The van der Waals surface area contributed by atoms with Gasteiger partial charge < -0.3 is 16.0 Å². The van der Waals surface area contributed by atoms with Crippen LogP contribution >= 0.6 is 11.8 Å². The smallest absolute Gasteiger partial charge is 0.250 e. The van der Waals surface area contributed by atoms with Crippen LogP contribution in [0.3, 0.4) is 0 Å². The zero-order valence-electron chi connectivity index (χ0n) is 9.61. The minimum atomic E-state index is -0.0221. The first-order valence-corrected chi connectivity index (χ1v) is 6.32. The molecule has 0 aliphatic carbocycles. The van der Waals surface area contributed by atoms with Crippen molar-refractivity contribution < 1.29 is 0 Å². The number of pyridine rings is 1. The van der Waals surface area contributed by atoms with E-state index in [-0.39, 0.29) is 5.56 Å². The van der Waals surface area contributed by atoms with Gasteiger partial charge in [-0.25, -0.2) is 9.97 Å². The van der Waals surface area contributed by atoms with Crippen LogP contribution in [0, 0.1) is 0 Å². The molecule has 0 aliphatic rings. The lowest BCUT2D eigenvalue weighted by Gasteiger charge is -2.05. The summed E-state index contributed by atoms with van der Waals surface area (Å²) in [7, 11) is 0. The lowest BCUT2D eigenvalue weighted by Crippen LogP contribution is -2.18. The van der Waals surface area contributed by atoms with Gasteiger partial charge in [-0.3, -0.25) is 4.79 Å². The third kappa shape index (κ3) is 3.24. The van der Waals surface area contributed by atoms with Gasteiger partial charge in [0.1, 0.15) is 11.6 Å². The lowest BCUT2D eigenvalue weighted by atomic mass is 10.5. The van der Waals surface area contributed by atoms with Gasteiger partial charge in [0.25, 0.3) is 5.56 Å². The van der Waals surface area contributed by atoms with Crippen molar-refractivity contribution in [1.29, 1.82) is 0 Å². The van der Waals surface area contributed by atoms with Crippen molar-refractivity contribution in [2.24, 2.45) is 0 Å². The minimum absolute atomic E-state index is 0.0221. The molecule has 0 saturated carbocycles. The van der Waals surface area contributed by atoms with E-state index >= 15 is 0 Å². The number of thioether (sulfide) groups is 1. The molecule has 2 aromatic rings. The number of nitrogen functional groups attached to an aromatic ring is 2. The highest BCUT2D eigenvalue weighted by Crippen LogP contribution is 2.16. The fourth-order valence-corrected chi connectivity index (χ4v) is 2.22. The van der Waals surface area contributed by atoms with Gasteiger partial charge in [0.05, 0.1) is 0 Å². The number of rotatable bonds is 4. The first-order chi connectivity index (χ1) is 8.65. The summed E-state index contributed by atoms with van der Waals surface area (Å²) in [5.74, 6) is 1.37. The van der Waals surface area contributed by atoms with Crippen LogP contribution < -0.4 is 17.0 Å². The first-order valence-electron chi connectivity index (χ1n) is 5.33. The topological polar surface area (TPSA) is 99.8 Å². The van der Waals surface area contributed by atoms with Crippen LogP contribution in [0.2, 0.25) is 0 Å². The van der Waals surface area contributed by atoms with Gasteiger partial charge in [0.2, 0.25) is 0 Å². The van der Waals surface area contributed by atoms with Crippen molar-refractivity contribution in [3.63, 3.8) is 0 Å². The standard InChI is InChI=1S/C11H13N5OS/c12-8-7-9(13)15-11(14-8)18-6-5-16-4-2-1-3-10(16)17/h1-4,7H,5-6H2,(H4,12,13,14,15). The molecule has 7 heteroatoms. The predicted octanol–water partition coefficient (Wildman–Crippen LogP) is 0.595. The molecule has 0 unspecified atom stereocenters. The number of aromatic nitrogens is 3. The van der Waals surface area contributed by atoms with E-state index < -0.39 is 0 Å². The molecule has 6 nitrogen and oxygen atoms in total. The van der Waals surface area contributed by atoms with E-state index in [2.05, 4.69) is 9.97 Å². The quantitative estimate of drug-likeness (QED) is 0.618. The highest BCUT2D eigenvalue weighted by atomic mass is 32.2. The monoisotopic (exact) mass is 263 g/mol. The number of nitrogens with zero attached hydrogens (tertiary/aromatic N) is 3. The Morgan fingerprint density at radius 1 is 1.22 bits per heavy atom. The molecule has 0 aromatic carbocycles. The predicted molar refractivity (Wildman–Crippen MR) is 72.3 cm³/mol. The van der Waals surface area contributed by atoms with E-state index in [1.54, 1.807) is 16.8 Å². The molecule has 2 aromatic heterocycles. The summed E-state index contributed by atoms with van der Waals surface area (Å²) in [6.07, 6.45) is 1.75. The summed E-state index contributed by atoms with van der Waals surface area (Å²) in [6.45, 7) is 0.586. The molecule has 18 heavy (non-hydrogen) atoms. The van der Waals surface area contributed by atoms with E-state index in [9.17, 15) is 4.79 Å². The SMILES string of the molecule is Nc1cc(N)nc(SCCn2ccccc2=O)n1. The van der Waals surface area contributed by atoms with Crippen molar-refractivity contribution in [3.05, 3.63) is 40.8 Å². The Kier molecular flexibility index (Phi) is 3.83. The maximum absolute atomic E-state index is 11.5. The van der Waals surface area contributed by atoms with Crippen molar-refractivity contribution >= 4 is 23.4 Å². The lowest BCUT2D eigenvalue weighted by molar-refractivity contribution is 0.734. The van der Waals surface area contributed by atoms with E-state index in [4.69, 9.17) is 11.5 Å². The molecule has 2 heterocycles. The molecule has 0 aliphatic heterocycles. The maximum Gasteiger partial charge on any atom is 0.250 e. The van der Waals surface area contributed by atoms with Crippen LogP contribution in [-0.4, -0.2) is 20.3 Å². The molecule has 0 bridgehead atoms. The fraction of sp³-hybridized carbons (Fsp3) is 0.182.